The smallest absolute Gasteiger partial charge is 0.251 e. The first-order chi connectivity index (χ1) is 12.7. The van der Waals surface area contributed by atoms with Crippen LogP contribution in [0.2, 0.25) is 0 Å². The molecule has 2 N–H and O–H groups in total. The number of carbonyl (C=O) groups excluding carboxylic acids is 2. The van der Waals surface area contributed by atoms with Crippen molar-refractivity contribution in [3.05, 3.63) is 47.5 Å². The maximum absolute atomic E-state index is 12.4. The molecule has 0 spiro atoms. The standard InChI is InChI=1S/C19H18N2O4S/c22-18-11-26-17-4-2-13(10-14(17)21-18)19(23)20-6-5-12-1-3-15-16(9-12)25-8-7-24-15/h1-4,9-10H,5-8,11H2,(H,20,23)(H,21,22). The number of carbonyl (C=O) groups is 2. The summed E-state index contributed by atoms with van der Waals surface area (Å²) >= 11 is 1.48. The molecule has 7 heteroatoms. The van der Waals surface area contributed by atoms with Crippen LogP contribution in [0.3, 0.4) is 0 Å². The van der Waals surface area contributed by atoms with Crippen LogP contribution in [-0.2, 0) is 11.2 Å². The molecule has 0 atom stereocenters. The summed E-state index contributed by atoms with van der Waals surface area (Å²) in [6, 6.07) is 11.2. The molecule has 2 aromatic carbocycles. The summed E-state index contributed by atoms with van der Waals surface area (Å²) in [5.74, 6) is 1.73. The maximum atomic E-state index is 12.4. The minimum Gasteiger partial charge on any atom is -0.486 e. The van der Waals surface area contributed by atoms with Crippen molar-refractivity contribution in [2.75, 3.05) is 30.8 Å². The van der Waals surface area contributed by atoms with Gasteiger partial charge in [-0.1, -0.05) is 6.07 Å². The molecule has 0 unspecified atom stereocenters. The zero-order valence-electron chi connectivity index (χ0n) is 14.0. The highest BCUT2D eigenvalue weighted by atomic mass is 32.2. The third-order valence-corrected chi connectivity index (χ3v) is 5.25. The first kappa shape index (κ1) is 16.8. The van der Waals surface area contributed by atoms with Crippen LogP contribution in [0.4, 0.5) is 5.69 Å². The number of fused-ring (bicyclic) bond motifs is 2. The van der Waals surface area contributed by atoms with Crippen LogP contribution < -0.4 is 20.1 Å². The zero-order chi connectivity index (χ0) is 17.9. The lowest BCUT2D eigenvalue weighted by Gasteiger charge is -2.19. The Morgan fingerprint density at radius 1 is 1.12 bits per heavy atom. The quantitative estimate of drug-likeness (QED) is 0.865. The number of ether oxygens (including phenoxy) is 2. The summed E-state index contributed by atoms with van der Waals surface area (Å²) in [6.45, 7) is 1.64. The molecule has 6 nitrogen and oxygen atoms in total. The first-order valence-corrected chi connectivity index (χ1v) is 9.41. The van der Waals surface area contributed by atoms with Crippen LogP contribution >= 0.6 is 11.8 Å². The van der Waals surface area contributed by atoms with Gasteiger partial charge in [0.15, 0.2) is 11.5 Å². The van der Waals surface area contributed by atoms with Gasteiger partial charge in [-0.25, -0.2) is 0 Å². The van der Waals surface area contributed by atoms with Crippen molar-refractivity contribution < 1.29 is 19.1 Å². The van der Waals surface area contributed by atoms with Crippen molar-refractivity contribution in [3.8, 4) is 11.5 Å². The molecular formula is C19H18N2O4S. The molecule has 0 aliphatic carbocycles. The van der Waals surface area contributed by atoms with E-state index in [0.717, 1.165) is 22.0 Å². The highest BCUT2D eigenvalue weighted by Crippen LogP contribution is 2.32. The molecule has 0 fully saturated rings. The Morgan fingerprint density at radius 2 is 1.96 bits per heavy atom. The third kappa shape index (κ3) is 3.62. The van der Waals surface area contributed by atoms with E-state index in [1.54, 1.807) is 12.1 Å². The van der Waals surface area contributed by atoms with E-state index in [-0.39, 0.29) is 11.8 Å². The number of benzene rings is 2. The van der Waals surface area contributed by atoms with Gasteiger partial charge in [0.25, 0.3) is 5.91 Å². The molecule has 2 amide bonds. The van der Waals surface area contributed by atoms with Gasteiger partial charge in [0, 0.05) is 17.0 Å². The number of amides is 2. The maximum Gasteiger partial charge on any atom is 0.251 e. The molecule has 0 bridgehead atoms. The van der Waals surface area contributed by atoms with Gasteiger partial charge in [-0.2, -0.15) is 0 Å². The summed E-state index contributed by atoms with van der Waals surface area (Å²) in [6.07, 6.45) is 0.694. The fourth-order valence-corrected chi connectivity index (χ4v) is 3.68. The lowest BCUT2D eigenvalue weighted by atomic mass is 10.1. The minimum absolute atomic E-state index is 0.0429. The Labute approximate surface area is 155 Å². The summed E-state index contributed by atoms with van der Waals surface area (Å²) in [5.41, 5.74) is 2.31. The van der Waals surface area contributed by atoms with E-state index in [4.69, 9.17) is 9.47 Å². The second-order valence-corrected chi connectivity index (χ2v) is 7.05. The SMILES string of the molecule is O=C1CSc2ccc(C(=O)NCCc3ccc4c(c3)OCCO4)cc2N1. The van der Waals surface area contributed by atoms with E-state index in [1.165, 1.54) is 11.8 Å². The molecule has 2 aliphatic rings. The van der Waals surface area contributed by atoms with E-state index >= 15 is 0 Å². The molecule has 0 saturated heterocycles. The van der Waals surface area contributed by atoms with Gasteiger partial charge >= 0.3 is 0 Å². The Balaban J connectivity index is 1.35. The van der Waals surface area contributed by atoms with E-state index in [1.807, 2.05) is 24.3 Å². The number of thioether (sulfide) groups is 1. The third-order valence-electron chi connectivity index (χ3n) is 4.18. The minimum atomic E-state index is -0.157. The molecule has 2 aromatic rings. The molecule has 0 radical (unpaired) electrons. The lowest BCUT2D eigenvalue weighted by molar-refractivity contribution is -0.113. The van der Waals surface area contributed by atoms with Crippen molar-refractivity contribution in [3.63, 3.8) is 0 Å². The average Bonchev–Trinajstić information content (AvgIpc) is 2.67. The van der Waals surface area contributed by atoms with Crippen LogP contribution in [0, 0.1) is 0 Å². The number of nitrogens with one attached hydrogen (secondary N) is 2. The fourth-order valence-electron chi connectivity index (χ4n) is 2.89. The Bertz CT molecular complexity index is 869. The molecule has 134 valence electrons. The molecule has 2 heterocycles. The number of hydrogen-bond acceptors (Lipinski definition) is 5. The second-order valence-electron chi connectivity index (χ2n) is 6.03. The average molecular weight is 370 g/mol. The van der Waals surface area contributed by atoms with Crippen molar-refractivity contribution in [1.29, 1.82) is 0 Å². The van der Waals surface area contributed by atoms with E-state index in [2.05, 4.69) is 10.6 Å². The Morgan fingerprint density at radius 3 is 2.85 bits per heavy atom. The molecule has 26 heavy (non-hydrogen) atoms. The number of anilines is 1. The van der Waals surface area contributed by atoms with Crippen molar-refractivity contribution >= 4 is 29.3 Å². The first-order valence-electron chi connectivity index (χ1n) is 8.42. The number of hydrogen-bond donors (Lipinski definition) is 2. The van der Waals surface area contributed by atoms with Gasteiger partial charge in [-0.05, 0) is 42.3 Å². The molecule has 2 aliphatic heterocycles. The Hall–Kier alpha value is -2.67. The summed E-state index contributed by atoms with van der Waals surface area (Å²) < 4.78 is 11.1. The topological polar surface area (TPSA) is 76.7 Å². The predicted octanol–water partition coefficient (Wildman–Crippen LogP) is 2.47. The number of rotatable bonds is 4. The van der Waals surface area contributed by atoms with E-state index in [0.29, 0.717) is 43.2 Å². The molecule has 0 saturated carbocycles. The van der Waals surface area contributed by atoms with Crippen LogP contribution in [0.15, 0.2) is 41.3 Å². The highest BCUT2D eigenvalue weighted by molar-refractivity contribution is 8.00. The van der Waals surface area contributed by atoms with Crippen LogP contribution in [0.5, 0.6) is 11.5 Å². The fraction of sp³-hybridized carbons (Fsp3) is 0.263. The van der Waals surface area contributed by atoms with Crippen molar-refractivity contribution in [2.45, 2.75) is 11.3 Å². The van der Waals surface area contributed by atoms with Crippen molar-refractivity contribution in [1.82, 2.24) is 5.32 Å². The molecule has 0 aromatic heterocycles. The second kappa shape index (κ2) is 7.29. The van der Waals surface area contributed by atoms with Gasteiger partial charge in [-0.15, -0.1) is 11.8 Å². The van der Waals surface area contributed by atoms with Crippen LogP contribution in [0.25, 0.3) is 0 Å². The predicted molar refractivity (Wildman–Crippen MR) is 99.3 cm³/mol. The molecular weight excluding hydrogens is 352 g/mol. The van der Waals surface area contributed by atoms with Crippen LogP contribution in [-0.4, -0.2) is 37.3 Å². The van der Waals surface area contributed by atoms with Gasteiger partial charge in [-0.3, -0.25) is 9.59 Å². The van der Waals surface area contributed by atoms with Crippen LogP contribution in [0.1, 0.15) is 15.9 Å². The van der Waals surface area contributed by atoms with E-state index in [9.17, 15) is 9.59 Å². The highest BCUT2D eigenvalue weighted by Gasteiger charge is 2.17. The van der Waals surface area contributed by atoms with Gasteiger partial charge in [0.05, 0.1) is 11.4 Å². The summed E-state index contributed by atoms with van der Waals surface area (Å²) in [4.78, 5) is 24.8. The van der Waals surface area contributed by atoms with E-state index < -0.39 is 0 Å². The zero-order valence-corrected chi connectivity index (χ0v) is 14.9. The van der Waals surface area contributed by atoms with Gasteiger partial charge < -0.3 is 20.1 Å². The largest absolute Gasteiger partial charge is 0.486 e. The lowest BCUT2D eigenvalue weighted by Crippen LogP contribution is -2.26. The molecule has 4 rings (SSSR count). The summed E-state index contributed by atoms with van der Waals surface area (Å²) in [5, 5.41) is 5.72. The van der Waals surface area contributed by atoms with Gasteiger partial charge in [0.1, 0.15) is 13.2 Å². The van der Waals surface area contributed by atoms with Crippen molar-refractivity contribution in [2.24, 2.45) is 0 Å². The monoisotopic (exact) mass is 370 g/mol. The van der Waals surface area contributed by atoms with Gasteiger partial charge in [0.2, 0.25) is 5.91 Å². The normalized spacial score (nSPS) is 15.0. The summed E-state index contributed by atoms with van der Waals surface area (Å²) in [7, 11) is 0. The Kier molecular flexibility index (Phi) is 4.71.